The van der Waals surface area contributed by atoms with E-state index in [0.717, 1.165) is 10.8 Å². The van der Waals surface area contributed by atoms with Crippen molar-refractivity contribution in [3.8, 4) is 17.2 Å². The van der Waals surface area contributed by atoms with Crippen molar-refractivity contribution in [1.82, 2.24) is 20.4 Å². The minimum Gasteiger partial charge on any atom is -0.485 e. The normalized spacial score (nSPS) is 14.9. The number of para-hydroxylation sites is 2. The van der Waals surface area contributed by atoms with Crippen LogP contribution in [0.15, 0.2) is 66.1 Å². The molecule has 2 N–H and O–H groups in total. The predicted octanol–water partition coefficient (Wildman–Crippen LogP) is 2.20. The summed E-state index contributed by atoms with van der Waals surface area (Å²) in [6.07, 6.45) is 4.67. The number of carbonyl (C=O) groups excluding carboxylic acids is 2. The van der Waals surface area contributed by atoms with Gasteiger partial charge in [0.1, 0.15) is 6.61 Å². The van der Waals surface area contributed by atoms with E-state index in [1.165, 1.54) is 11.8 Å². The van der Waals surface area contributed by atoms with Gasteiger partial charge in [0.15, 0.2) is 16.7 Å². The van der Waals surface area contributed by atoms with Crippen LogP contribution in [-0.4, -0.2) is 40.3 Å². The van der Waals surface area contributed by atoms with E-state index >= 15 is 0 Å². The second-order valence-electron chi connectivity index (χ2n) is 6.14. The Morgan fingerprint density at radius 1 is 1.10 bits per heavy atom. The summed E-state index contributed by atoms with van der Waals surface area (Å²) in [5.74, 6) is 0.151. The molecule has 8 nitrogen and oxygen atoms in total. The molecular formula is C20H18N4O4S. The topological polar surface area (TPSA) is 94.5 Å². The van der Waals surface area contributed by atoms with Crippen molar-refractivity contribution in [1.29, 1.82) is 0 Å². The van der Waals surface area contributed by atoms with Crippen molar-refractivity contribution in [2.75, 3.05) is 12.9 Å². The third kappa shape index (κ3) is 4.04. The number of hydrogen-bond donors (Lipinski definition) is 2. The quantitative estimate of drug-likeness (QED) is 0.506. The zero-order valence-electron chi connectivity index (χ0n) is 15.5. The molecule has 4 rings (SSSR count). The minimum atomic E-state index is -0.848. The highest BCUT2D eigenvalue weighted by atomic mass is 32.2. The molecule has 1 aromatic heterocycles. The Kier molecular flexibility index (Phi) is 5.39. The van der Waals surface area contributed by atoms with Crippen LogP contribution in [0.4, 0.5) is 0 Å². The lowest BCUT2D eigenvalue weighted by molar-refractivity contribution is -0.131. The maximum absolute atomic E-state index is 12.3. The number of nitrogens with one attached hydrogen (secondary N) is 2. The van der Waals surface area contributed by atoms with Crippen molar-refractivity contribution < 1.29 is 19.1 Å². The predicted molar refractivity (Wildman–Crippen MR) is 107 cm³/mol. The molecule has 1 atom stereocenters. The Balaban J connectivity index is 1.34. The van der Waals surface area contributed by atoms with Gasteiger partial charge in [0.2, 0.25) is 6.10 Å². The molecule has 0 saturated heterocycles. The second kappa shape index (κ2) is 8.27. The number of thioether (sulfide) groups is 1. The van der Waals surface area contributed by atoms with Crippen molar-refractivity contribution in [3.63, 3.8) is 0 Å². The number of ether oxygens (including phenoxy) is 2. The molecule has 0 unspecified atom stereocenters. The Morgan fingerprint density at radius 3 is 2.62 bits per heavy atom. The standard InChI is InChI=1S/C20H18N4O4S/c1-29-20-21-10-11-24(20)14-8-6-13(7-9-14)18(25)22-23-19(26)17-12-27-15-4-2-3-5-16(15)28-17/h2-11,17H,12H2,1H3,(H,22,25)(H,23,26)/t17-/m0/s1. The highest BCUT2D eigenvalue weighted by Crippen LogP contribution is 2.30. The average Bonchev–Trinajstić information content (AvgIpc) is 3.26. The van der Waals surface area contributed by atoms with Gasteiger partial charge in [-0.1, -0.05) is 23.9 Å². The van der Waals surface area contributed by atoms with Gasteiger partial charge in [0, 0.05) is 23.6 Å². The lowest BCUT2D eigenvalue weighted by Gasteiger charge is -2.25. The van der Waals surface area contributed by atoms with Crippen LogP contribution in [0.1, 0.15) is 10.4 Å². The lowest BCUT2D eigenvalue weighted by Crippen LogP contribution is -2.50. The molecule has 2 aromatic carbocycles. The maximum Gasteiger partial charge on any atom is 0.283 e. The molecule has 1 aliphatic rings. The molecule has 3 aromatic rings. The summed E-state index contributed by atoms with van der Waals surface area (Å²) in [7, 11) is 0. The van der Waals surface area contributed by atoms with Crippen molar-refractivity contribution in [2.24, 2.45) is 0 Å². The minimum absolute atomic E-state index is 0.0656. The Morgan fingerprint density at radius 2 is 1.86 bits per heavy atom. The summed E-state index contributed by atoms with van der Waals surface area (Å²) >= 11 is 1.53. The third-order valence-electron chi connectivity index (χ3n) is 4.30. The van der Waals surface area contributed by atoms with E-state index in [1.807, 2.05) is 35.2 Å². The van der Waals surface area contributed by atoms with Gasteiger partial charge in [0.25, 0.3) is 11.8 Å². The van der Waals surface area contributed by atoms with Crippen LogP contribution < -0.4 is 20.3 Å². The van der Waals surface area contributed by atoms with Crippen molar-refractivity contribution in [3.05, 3.63) is 66.5 Å². The smallest absolute Gasteiger partial charge is 0.283 e. The van der Waals surface area contributed by atoms with Crippen LogP contribution in [0.2, 0.25) is 0 Å². The third-order valence-corrected chi connectivity index (χ3v) is 4.96. The summed E-state index contributed by atoms with van der Waals surface area (Å²) < 4.78 is 13.0. The van der Waals surface area contributed by atoms with Crippen molar-refractivity contribution >= 4 is 23.6 Å². The number of amides is 2. The van der Waals surface area contributed by atoms with Gasteiger partial charge in [-0.3, -0.25) is 25.0 Å². The number of hydrogen-bond acceptors (Lipinski definition) is 6. The van der Waals surface area contributed by atoms with Gasteiger partial charge in [-0.05, 0) is 42.7 Å². The van der Waals surface area contributed by atoms with E-state index in [4.69, 9.17) is 9.47 Å². The zero-order valence-corrected chi connectivity index (χ0v) is 16.3. The van der Waals surface area contributed by atoms with Crippen LogP contribution in [0.5, 0.6) is 11.5 Å². The number of hydrazine groups is 1. The molecule has 2 amide bonds. The number of rotatable bonds is 4. The van der Waals surface area contributed by atoms with Gasteiger partial charge < -0.3 is 9.47 Å². The van der Waals surface area contributed by atoms with Crippen molar-refractivity contribution in [2.45, 2.75) is 11.3 Å². The molecule has 9 heteroatoms. The summed E-state index contributed by atoms with van der Waals surface area (Å²) in [5.41, 5.74) is 6.08. The summed E-state index contributed by atoms with van der Waals surface area (Å²) in [4.78, 5) is 28.9. The van der Waals surface area contributed by atoms with E-state index in [0.29, 0.717) is 17.1 Å². The molecule has 0 spiro atoms. The van der Waals surface area contributed by atoms with Gasteiger partial charge >= 0.3 is 0 Å². The number of carbonyl (C=O) groups is 2. The number of imidazole rings is 1. The molecule has 0 bridgehead atoms. The van der Waals surface area contributed by atoms with E-state index in [-0.39, 0.29) is 6.61 Å². The fourth-order valence-electron chi connectivity index (χ4n) is 2.83. The number of fused-ring (bicyclic) bond motifs is 1. The number of nitrogens with zero attached hydrogens (tertiary/aromatic N) is 2. The first kappa shape index (κ1) is 18.9. The lowest BCUT2D eigenvalue weighted by atomic mass is 10.2. The van der Waals surface area contributed by atoms with Crippen LogP contribution >= 0.6 is 11.8 Å². The Hall–Kier alpha value is -3.46. The first-order valence-corrected chi connectivity index (χ1v) is 10.0. The summed E-state index contributed by atoms with van der Waals surface area (Å²) in [6, 6.07) is 14.1. The summed E-state index contributed by atoms with van der Waals surface area (Å²) in [6.45, 7) is 0.0656. The van der Waals surface area contributed by atoms with Crippen LogP contribution in [0, 0.1) is 0 Å². The highest BCUT2D eigenvalue weighted by molar-refractivity contribution is 7.98. The van der Waals surface area contributed by atoms with Gasteiger partial charge in [-0.2, -0.15) is 0 Å². The number of aromatic nitrogens is 2. The molecule has 0 radical (unpaired) electrons. The SMILES string of the molecule is CSc1nccn1-c1ccc(C(=O)NNC(=O)[C@@H]2COc3ccccc3O2)cc1. The Bertz CT molecular complexity index is 1030. The largest absolute Gasteiger partial charge is 0.485 e. The zero-order chi connectivity index (χ0) is 20.2. The molecule has 29 heavy (non-hydrogen) atoms. The van der Waals surface area contributed by atoms with Crippen LogP contribution in [0.3, 0.4) is 0 Å². The molecular weight excluding hydrogens is 392 g/mol. The summed E-state index contributed by atoms with van der Waals surface area (Å²) in [5, 5.41) is 0.853. The van der Waals surface area contributed by atoms with E-state index < -0.39 is 17.9 Å². The first-order chi connectivity index (χ1) is 14.2. The average molecular weight is 410 g/mol. The molecule has 0 aliphatic carbocycles. The highest BCUT2D eigenvalue weighted by Gasteiger charge is 2.27. The molecule has 2 heterocycles. The van der Waals surface area contributed by atoms with Gasteiger partial charge in [-0.15, -0.1) is 0 Å². The molecule has 1 aliphatic heterocycles. The number of benzene rings is 2. The van der Waals surface area contributed by atoms with E-state index in [9.17, 15) is 9.59 Å². The fourth-order valence-corrected chi connectivity index (χ4v) is 3.36. The van der Waals surface area contributed by atoms with Gasteiger partial charge in [0.05, 0.1) is 0 Å². The van der Waals surface area contributed by atoms with E-state index in [1.54, 1.807) is 36.5 Å². The second-order valence-corrected chi connectivity index (χ2v) is 6.91. The first-order valence-electron chi connectivity index (χ1n) is 8.82. The molecule has 0 fully saturated rings. The molecule has 0 saturated carbocycles. The van der Waals surface area contributed by atoms with Crippen LogP contribution in [-0.2, 0) is 4.79 Å². The van der Waals surface area contributed by atoms with Gasteiger partial charge in [-0.25, -0.2) is 4.98 Å². The van der Waals surface area contributed by atoms with E-state index in [2.05, 4.69) is 15.8 Å². The molecule has 148 valence electrons. The maximum atomic E-state index is 12.3. The Labute approximate surface area is 171 Å². The monoisotopic (exact) mass is 410 g/mol. The van der Waals surface area contributed by atoms with Crippen LogP contribution in [0.25, 0.3) is 5.69 Å². The fraction of sp³-hybridized carbons (Fsp3) is 0.150.